The van der Waals surface area contributed by atoms with Crippen molar-refractivity contribution in [2.24, 2.45) is 25.6 Å². The molecule has 1 aliphatic carbocycles. The van der Waals surface area contributed by atoms with Crippen molar-refractivity contribution in [1.82, 2.24) is 0 Å². The van der Waals surface area contributed by atoms with E-state index in [4.69, 9.17) is 10.5 Å². The number of ketones is 1. The Labute approximate surface area is 439 Å². The van der Waals surface area contributed by atoms with Gasteiger partial charge in [-0.05, 0) is 90.2 Å². The number of hydrogen-bond acceptors (Lipinski definition) is 18. The third kappa shape index (κ3) is 11.1. The number of nitrogens with zero attached hydrogens (tertiary/aromatic N) is 5. The van der Waals surface area contributed by atoms with Crippen molar-refractivity contribution in [3.05, 3.63) is 102 Å². The number of allylic oxidation sites excluding steroid dienone is 1. The quantitative estimate of drug-likeness (QED) is 0.0311. The van der Waals surface area contributed by atoms with Crippen molar-refractivity contribution in [3.8, 4) is 11.5 Å². The first-order valence-electron chi connectivity index (χ1n) is 17.6. The molecule has 1 aliphatic rings. The topological polar surface area (TPSA) is 364 Å². The van der Waals surface area contributed by atoms with E-state index in [-0.39, 0.29) is 159 Å². The van der Waals surface area contributed by atoms with E-state index in [9.17, 15) is 61.8 Å². The molecular formula is C38H29KN7NaO15S4+2. The van der Waals surface area contributed by atoms with Crippen molar-refractivity contribution < 1.29 is 147 Å². The Kier molecular flexibility index (Phi) is 15.7. The van der Waals surface area contributed by atoms with Gasteiger partial charge in [0.15, 0.2) is 0 Å². The van der Waals surface area contributed by atoms with Crippen molar-refractivity contribution in [1.29, 1.82) is 0 Å². The normalized spacial score (nSPS) is 13.8. The van der Waals surface area contributed by atoms with Crippen LogP contribution >= 0.6 is 0 Å². The number of carbonyl (C=O) groups is 1. The van der Waals surface area contributed by atoms with Gasteiger partial charge in [-0.15, -0.1) is 15.3 Å². The van der Waals surface area contributed by atoms with Gasteiger partial charge in [-0.3, -0.25) is 28.4 Å². The molecule has 22 nitrogen and oxygen atoms in total. The molecule has 66 heavy (non-hydrogen) atoms. The second kappa shape index (κ2) is 19.7. The van der Waals surface area contributed by atoms with Gasteiger partial charge in [0.25, 0.3) is 40.5 Å². The average molecular weight is 1010 g/mol. The molecule has 0 spiro atoms. The molecule has 0 amide bonds. The van der Waals surface area contributed by atoms with Crippen LogP contribution in [-0.2, 0) is 45.3 Å². The molecule has 0 bridgehead atoms. The molecule has 6 aromatic carbocycles. The average Bonchev–Trinajstić information content (AvgIpc) is 3.20. The van der Waals surface area contributed by atoms with E-state index in [0.29, 0.717) is 11.6 Å². The zero-order chi connectivity index (χ0) is 46.7. The fourth-order valence-electron chi connectivity index (χ4n) is 6.49. The number of hydrazone groups is 1. The number of phenolic OH excluding ortho intramolecular Hbond substituents is 1. The number of phenols is 1. The fraction of sp³-hybridized carbons (Fsp3) is 0.0526. The number of carbonyl (C=O) groups excluding carboxylic acids is 1. The van der Waals surface area contributed by atoms with Crippen LogP contribution in [0.4, 0.5) is 34.1 Å². The molecule has 0 saturated carbocycles. The second-order valence-corrected chi connectivity index (χ2v) is 19.4. The molecule has 0 atom stereocenters. The molecule has 0 heterocycles. The van der Waals surface area contributed by atoms with Gasteiger partial charge in [0.2, 0.25) is 5.78 Å². The summed E-state index contributed by atoms with van der Waals surface area (Å²) in [7, 11) is -17.9. The Bertz CT molecular complexity index is 3640. The molecule has 0 radical (unpaired) electrons. The van der Waals surface area contributed by atoms with Crippen molar-refractivity contribution in [2.75, 3.05) is 18.3 Å². The summed E-state index contributed by atoms with van der Waals surface area (Å²) in [6.45, 7) is 1.64. The zero-order valence-corrected chi connectivity index (χ0v) is 42.8. The molecule has 28 heteroatoms. The molecule has 8 N–H and O–H groups in total. The monoisotopic (exact) mass is 1010 g/mol. The maximum Gasteiger partial charge on any atom is 1.00 e. The van der Waals surface area contributed by atoms with Gasteiger partial charge in [-0.25, -0.2) is 0 Å². The molecule has 6 aromatic rings. The number of rotatable bonds is 11. The first-order chi connectivity index (χ1) is 29.8. The summed E-state index contributed by atoms with van der Waals surface area (Å²) in [6.07, 6.45) is 2.47. The second-order valence-electron chi connectivity index (χ2n) is 13.7. The zero-order valence-electron chi connectivity index (χ0n) is 34.4. The number of nitrogens with two attached hydrogens (primary N) is 1. The SMILES string of the molecule is COc1cc(N=Nc2ccc(N=Nc3cc(S(=O)(=O)O)cc4cc(S(=O)(=O)O)cc(O)c34)c3ccc(S(=O)(=O)O)cc23)c(C)cc1N/N=C1\C(=O)C=Cc2cc(S(=O)(=O)O)cc(N)c21.[K+].[Na+]. The van der Waals surface area contributed by atoms with Gasteiger partial charge < -0.3 is 15.6 Å². The molecule has 7 rings (SSSR count). The number of methoxy groups -OCH3 is 1. The summed E-state index contributed by atoms with van der Waals surface area (Å²) in [5.41, 5.74) is 9.43. The van der Waals surface area contributed by atoms with E-state index in [1.54, 1.807) is 13.0 Å². The first-order valence-corrected chi connectivity index (χ1v) is 23.4. The number of benzene rings is 6. The number of anilines is 2. The largest absolute Gasteiger partial charge is 1.00 e. The molecule has 330 valence electrons. The van der Waals surface area contributed by atoms with Crippen LogP contribution in [0.1, 0.15) is 16.7 Å². The molecule has 0 unspecified atom stereocenters. The minimum Gasteiger partial charge on any atom is -0.507 e. The van der Waals surface area contributed by atoms with Crippen LogP contribution in [0, 0.1) is 6.92 Å². The summed E-state index contributed by atoms with van der Waals surface area (Å²) in [6, 6.07) is 14.4. The maximum atomic E-state index is 12.9. The maximum absolute atomic E-state index is 12.9. The standard InChI is InChI=1S/C38H29N7O15S4.K.Na/c1-18-9-31(43-45-38-33(46)8-3-19-10-22(62(51,52)53)14-27(39)36(19)38)35(60-2)17-30(18)42-41-29-7-6-28(25-5-4-21(13-26(25)29)61(48,49)50)40-44-32-15-23(63(54,55)56)11-20-12-24(64(57,58)59)16-34(47)37(20)32;;/h3-17,43,47H,39H2,1-2H3,(H,48,49,50)(H,51,52,53)(H,54,55,56)(H,57,58,59);;/q;2*+1/b42-41?,44-40?,45-38+;;. The van der Waals surface area contributed by atoms with Gasteiger partial charge in [-0.1, -0.05) is 12.1 Å². The van der Waals surface area contributed by atoms with Gasteiger partial charge in [0.1, 0.15) is 17.2 Å². The van der Waals surface area contributed by atoms with Crippen molar-refractivity contribution in [2.45, 2.75) is 26.5 Å². The van der Waals surface area contributed by atoms with Crippen molar-refractivity contribution >= 4 is 114 Å². The van der Waals surface area contributed by atoms with Gasteiger partial charge >= 0.3 is 80.9 Å². The van der Waals surface area contributed by atoms with E-state index in [2.05, 4.69) is 31.0 Å². The summed E-state index contributed by atoms with van der Waals surface area (Å²) in [5.74, 6) is -1.17. The fourth-order valence-corrected chi connectivity index (χ4v) is 8.62. The minimum atomic E-state index is -4.94. The summed E-state index contributed by atoms with van der Waals surface area (Å²) < 4.78 is 140. The minimum absolute atomic E-state index is 0. The Balaban J connectivity index is 0.00000408. The predicted molar refractivity (Wildman–Crippen MR) is 230 cm³/mol. The Morgan fingerprint density at radius 3 is 1.76 bits per heavy atom. The molecule has 0 saturated heterocycles. The predicted octanol–water partition coefficient (Wildman–Crippen LogP) is 0.836. The van der Waals surface area contributed by atoms with Crippen LogP contribution in [0.2, 0.25) is 0 Å². The van der Waals surface area contributed by atoms with E-state index < -0.39 is 71.6 Å². The van der Waals surface area contributed by atoms with Crippen LogP contribution in [0.3, 0.4) is 0 Å². The van der Waals surface area contributed by atoms with Crippen LogP contribution in [-0.4, -0.2) is 75.6 Å². The van der Waals surface area contributed by atoms with E-state index in [1.165, 1.54) is 37.5 Å². The molecule has 0 aromatic heterocycles. The Morgan fingerprint density at radius 1 is 0.621 bits per heavy atom. The van der Waals surface area contributed by atoms with Crippen LogP contribution in [0.15, 0.2) is 130 Å². The first kappa shape index (κ1) is 52.6. The Morgan fingerprint density at radius 2 is 1.17 bits per heavy atom. The molecule has 0 aliphatic heterocycles. The summed E-state index contributed by atoms with van der Waals surface area (Å²) in [4.78, 5) is 10.3. The van der Waals surface area contributed by atoms with Crippen LogP contribution in [0.25, 0.3) is 27.6 Å². The number of aromatic hydroxyl groups is 1. The van der Waals surface area contributed by atoms with Crippen LogP contribution < -0.4 is 96.8 Å². The van der Waals surface area contributed by atoms with E-state index >= 15 is 0 Å². The summed E-state index contributed by atoms with van der Waals surface area (Å²) in [5, 5.41) is 31.5. The number of ether oxygens (including phenoxy) is 1. The molecule has 0 fully saturated rings. The van der Waals surface area contributed by atoms with Crippen LogP contribution in [0.5, 0.6) is 11.5 Å². The molecular weight excluding hydrogens is 985 g/mol. The van der Waals surface area contributed by atoms with Gasteiger partial charge in [0.05, 0.1) is 60.5 Å². The van der Waals surface area contributed by atoms with Gasteiger partial charge in [0, 0.05) is 34.2 Å². The number of hydrogen-bond donors (Lipinski definition) is 7. The number of nitrogen functional groups attached to an aromatic ring is 1. The number of nitrogens with one attached hydrogen (secondary N) is 1. The number of aryl methyl sites for hydroxylation is 1. The third-order valence-corrected chi connectivity index (χ3v) is 12.8. The van der Waals surface area contributed by atoms with E-state index in [0.717, 1.165) is 48.5 Å². The number of azo groups is 2. The van der Waals surface area contributed by atoms with Gasteiger partial charge in [-0.2, -0.15) is 43.9 Å². The van der Waals surface area contributed by atoms with E-state index in [1.807, 2.05) is 0 Å². The Hall–Kier alpha value is -4.40. The number of fused-ring (bicyclic) bond motifs is 3. The summed E-state index contributed by atoms with van der Waals surface area (Å²) >= 11 is 0. The van der Waals surface area contributed by atoms with Crippen molar-refractivity contribution in [3.63, 3.8) is 0 Å². The third-order valence-electron chi connectivity index (χ3n) is 9.48. The smallest absolute Gasteiger partial charge is 0.507 e.